The first-order valence-electron chi connectivity index (χ1n) is 5.80. The molecule has 1 heterocycles. The van der Waals surface area contributed by atoms with Gasteiger partial charge in [0.05, 0.1) is 11.3 Å². The number of benzene rings is 1. The molecule has 1 aromatic rings. The third-order valence-electron chi connectivity index (χ3n) is 2.80. The van der Waals surface area contributed by atoms with Gasteiger partial charge in [-0.2, -0.15) is 0 Å². The predicted molar refractivity (Wildman–Crippen MR) is 73.8 cm³/mol. The number of nitrogens with one attached hydrogen (secondary N) is 1. The maximum absolute atomic E-state index is 12.5. The highest BCUT2D eigenvalue weighted by Gasteiger charge is 2.36. The molecule has 1 aromatic carbocycles. The Hall–Kier alpha value is -2.06. The predicted octanol–water partition coefficient (Wildman–Crippen LogP) is 0.775. The normalized spacial score (nSPS) is 18.4. The Bertz CT molecular complexity index is 716. The Morgan fingerprint density at radius 3 is 2.76 bits per heavy atom. The molecule has 1 aliphatic rings. The van der Waals surface area contributed by atoms with E-state index in [0.717, 1.165) is 16.7 Å². The number of sulfonamides is 1. The average Bonchev–Trinajstić information content (AvgIpc) is 2.40. The van der Waals surface area contributed by atoms with E-state index in [1.54, 1.807) is 0 Å². The number of hydrogen-bond donors (Lipinski definition) is 2. The zero-order valence-electron chi connectivity index (χ0n) is 10.6. The molecule has 7 nitrogen and oxygen atoms in total. The molecule has 0 saturated heterocycles. The van der Waals surface area contributed by atoms with Gasteiger partial charge in [0.2, 0.25) is 5.91 Å². The molecule has 112 valence electrons. The van der Waals surface area contributed by atoms with Crippen LogP contribution in [-0.2, 0) is 19.6 Å². The van der Waals surface area contributed by atoms with Crippen LogP contribution in [0, 0.1) is 0 Å². The van der Waals surface area contributed by atoms with Crippen LogP contribution in [0.3, 0.4) is 0 Å². The molecular formula is C12H11ClN2O5S. The second-order valence-electron chi connectivity index (χ2n) is 4.23. The number of amides is 1. The van der Waals surface area contributed by atoms with Crippen LogP contribution < -0.4 is 5.32 Å². The van der Waals surface area contributed by atoms with Gasteiger partial charge in [-0.25, -0.2) is 8.42 Å². The van der Waals surface area contributed by atoms with Gasteiger partial charge in [-0.15, -0.1) is 0 Å². The topological polar surface area (TPSA) is 104 Å². The summed E-state index contributed by atoms with van der Waals surface area (Å²) in [7, 11) is -4.07. The molecule has 2 N–H and O–H groups in total. The molecule has 1 atom stereocenters. The van der Waals surface area contributed by atoms with Gasteiger partial charge in [0.15, 0.2) is 0 Å². The van der Waals surface area contributed by atoms with Crippen LogP contribution >= 0.6 is 11.6 Å². The number of nitrogens with zero attached hydrogens (tertiary/aromatic N) is 1. The molecule has 0 bridgehead atoms. The van der Waals surface area contributed by atoms with Crippen molar-refractivity contribution in [3.8, 4) is 0 Å². The standard InChI is InChI=1S/C12H11ClN2O5S/c13-8-2-1-3-9(6-8)21(19,20)15-5-4-14-12(18)10(15)7-11(16)17/h1-6,10H,7H2,(H,14,18)(H,16,17). The van der Waals surface area contributed by atoms with E-state index in [1.807, 2.05) is 0 Å². The van der Waals surface area contributed by atoms with Crippen LogP contribution in [0.5, 0.6) is 0 Å². The zero-order chi connectivity index (χ0) is 15.6. The van der Waals surface area contributed by atoms with E-state index in [2.05, 4.69) is 5.32 Å². The van der Waals surface area contributed by atoms with Gasteiger partial charge in [-0.1, -0.05) is 17.7 Å². The Morgan fingerprint density at radius 2 is 2.14 bits per heavy atom. The average molecular weight is 331 g/mol. The van der Waals surface area contributed by atoms with E-state index in [1.165, 1.54) is 24.3 Å². The van der Waals surface area contributed by atoms with Crippen LogP contribution in [0.1, 0.15) is 6.42 Å². The number of carboxylic acid groups (broad SMARTS) is 1. The van der Waals surface area contributed by atoms with Crippen molar-refractivity contribution in [1.29, 1.82) is 0 Å². The Labute approximate surface area is 125 Å². The summed E-state index contributed by atoms with van der Waals surface area (Å²) in [6.45, 7) is 0. The van der Waals surface area contributed by atoms with E-state index in [-0.39, 0.29) is 9.92 Å². The smallest absolute Gasteiger partial charge is 0.306 e. The van der Waals surface area contributed by atoms with Crippen LogP contribution in [0.25, 0.3) is 0 Å². The summed E-state index contributed by atoms with van der Waals surface area (Å²) in [4.78, 5) is 22.4. The first-order valence-corrected chi connectivity index (χ1v) is 7.62. The van der Waals surface area contributed by atoms with Gasteiger partial charge in [-0.05, 0) is 18.2 Å². The highest BCUT2D eigenvalue weighted by molar-refractivity contribution is 7.89. The van der Waals surface area contributed by atoms with Crippen molar-refractivity contribution in [2.75, 3.05) is 0 Å². The number of carboxylic acids is 1. The molecule has 0 spiro atoms. The van der Waals surface area contributed by atoms with Crippen LogP contribution in [-0.4, -0.2) is 35.7 Å². The van der Waals surface area contributed by atoms with Crippen molar-refractivity contribution in [3.63, 3.8) is 0 Å². The van der Waals surface area contributed by atoms with Crippen molar-refractivity contribution in [2.45, 2.75) is 17.4 Å². The third-order valence-corrected chi connectivity index (χ3v) is 4.81. The number of hydrogen-bond acceptors (Lipinski definition) is 4. The summed E-state index contributed by atoms with van der Waals surface area (Å²) >= 11 is 5.76. The maximum atomic E-state index is 12.5. The quantitative estimate of drug-likeness (QED) is 0.848. The van der Waals surface area contributed by atoms with Gasteiger partial charge in [0.25, 0.3) is 10.0 Å². The molecule has 1 aliphatic heterocycles. The molecule has 0 radical (unpaired) electrons. The number of halogens is 1. The summed E-state index contributed by atoms with van der Waals surface area (Å²) in [5.41, 5.74) is 0. The van der Waals surface area contributed by atoms with Gasteiger partial charge in [-0.3, -0.25) is 13.9 Å². The fraction of sp³-hybridized carbons (Fsp3) is 0.167. The zero-order valence-corrected chi connectivity index (χ0v) is 12.1. The van der Waals surface area contributed by atoms with Crippen molar-refractivity contribution >= 4 is 33.5 Å². The monoisotopic (exact) mass is 330 g/mol. The van der Waals surface area contributed by atoms with Crippen LogP contribution in [0.15, 0.2) is 41.6 Å². The van der Waals surface area contributed by atoms with E-state index in [4.69, 9.17) is 16.7 Å². The SMILES string of the molecule is O=C(O)CC1C(=O)NC=CN1S(=O)(=O)c1cccc(Cl)c1. The van der Waals surface area contributed by atoms with Crippen LogP contribution in [0.2, 0.25) is 5.02 Å². The lowest BCUT2D eigenvalue weighted by atomic mass is 10.2. The number of carbonyl (C=O) groups excluding carboxylic acids is 1. The number of aliphatic carboxylic acids is 1. The number of rotatable bonds is 4. The largest absolute Gasteiger partial charge is 0.481 e. The lowest BCUT2D eigenvalue weighted by Gasteiger charge is -2.30. The minimum Gasteiger partial charge on any atom is -0.481 e. The molecule has 9 heteroatoms. The minimum absolute atomic E-state index is 0.121. The lowest BCUT2D eigenvalue weighted by molar-refractivity contribution is -0.140. The lowest BCUT2D eigenvalue weighted by Crippen LogP contribution is -2.49. The molecule has 0 fully saturated rings. The van der Waals surface area contributed by atoms with Gasteiger partial charge in [0, 0.05) is 17.4 Å². The first kappa shape index (κ1) is 15.3. The van der Waals surface area contributed by atoms with E-state index in [0.29, 0.717) is 0 Å². The highest BCUT2D eigenvalue weighted by atomic mass is 35.5. The Balaban J connectivity index is 2.45. The second-order valence-corrected chi connectivity index (χ2v) is 6.51. The van der Waals surface area contributed by atoms with Crippen molar-refractivity contribution < 1.29 is 23.1 Å². The van der Waals surface area contributed by atoms with Crippen molar-refractivity contribution in [3.05, 3.63) is 41.7 Å². The molecule has 1 unspecified atom stereocenters. The fourth-order valence-electron chi connectivity index (χ4n) is 1.85. The number of carbonyl (C=O) groups is 2. The van der Waals surface area contributed by atoms with Gasteiger partial charge in [0.1, 0.15) is 6.04 Å². The summed E-state index contributed by atoms with van der Waals surface area (Å²) in [6, 6.07) is 4.16. The highest BCUT2D eigenvalue weighted by Crippen LogP contribution is 2.24. The summed E-state index contributed by atoms with van der Waals surface area (Å²) in [5.74, 6) is -1.98. The van der Waals surface area contributed by atoms with Crippen molar-refractivity contribution in [1.82, 2.24) is 9.62 Å². The van der Waals surface area contributed by atoms with Gasteiger partial charge >= 0.3 is 5.97 Å². The summed E-state index contributed by atoms with van der Waals surface area (Å²) in [6.07, 6.45) is 1.62. The van der Waals surface area contributed by atoms with E-state index >= 15 is 0 Å². The van der Waals surface area contributed by atoms with Gasteiger partial charge < -0.3 is 10.4 Å². The third kappa shape index (κ3) is 3.17. The summed E-state index contributed by atoms with van der Waals surface area (Å²) < 4.78 is 25.8. The molecule has 0 saturated carbocycles. The summed E-state index contributed by atoms with van der Waals surface area (Å²) in [5, 5.41) is 11.3. The van der Waals surface area contributed by atoms with Crippen molar-refractivity contribution in [2.24, 2.45) is 0 Å². The minimum atomic E-state index is -4.07. The molecule has 2 rings (SSSR count). The molecule has 21 heavy (non-hydrogen) atoms. The molecule has 0 aromatic heterocycles. The Morgan fingerprint density at radius 1 is 1.43 bits per heavy atom. The molecule has 0 aliphatic carbocycles. The Kier molecular flexibility index (Phi) is 4.19. The van der Waals surface area contributed by atoms with E-state index < -0.39 is 34.4 Å². The second kappa shape index (κ2) is 5.74. The first-order chi connectivity index (χ1) is 9.82. The van der Waals surface area contributed by atoms with Crippen LogP contribution in [0.4, 0.5) is 0 Å². The maximum Gasteiger partial charge on any atom is 0.306 e. The van der Waals surface area contributed by atoms with E-state index in [9.17, 15) is 18.0 Å². The molecular weight excluding hydrogens is 320 g/mol. The fourth-order valence-corrected chi connectivity index (χ4v) is 3.60. The molecule has 1 amide bonds.